The van der Waals surface area contributed by atoms with Gasteiger partial charge in [0.2, 0.25) is 0 Å². The zero-order valence-corrected chi connectivity index (χ0v) is 18.3. The Hall–Kier alpha value is -0.650. The van der Waals surface area contributed by atoms with Crippen LogP contribution >= 0.6 is 11.8 Å². The van der Waals surface area contributed by atoms with Crippen LogP contribution in [-0.4, -0.2) is 11.5 Å². The van der Waals surface area contributed by atoms with Gasteiger partial charge >= 0.3 is 0 Å². The van der Waals surface area contributed by atoms with E-state index >= 15 is 0 Å². The SMILES string of the molecule is C=C=CCC1(C(CSCCC)C(CCC=C2CC2)C/C(C)=C/CC)CC1. The Labute approximate surface area is 167 Å². The van der Waals surface area contributed by atoms with Crippen molar-refractivity contribution in [1.29, 1.82) is 0 Å². The molecule has 2 aliphatic carbocycles. The lowest BCUT2D eigenvalue weighted by Crippen LogP contribution is -2.28. The highest BCUT2D eigenvalue weighted by molar-refractivity contribution is 7.99. The van der Waals surface area contributed by atoms with Crippen molar-refractivity contribution in [1.82, 2.24) is 0 Å². The molecule has 0 aromatic heterocycles. The second-order valence-corrected chi connectivity index (χ2v) is 9.67. The number of rotatable bonds is 14. The first-order valence-corrected chi connectivity index (χ1v) is 12.1. The molecule has 2 fully saturated rings. The van der Waals surface area contributed by atoms with Crippen molar-refractivity contribution in [2.75, 3.05) is 11.5 Å². The first-order valence-electron chi connectivity index (χ1n) is 10.9. The third-order valence-corrected chi connectivity index (χ3v) is 7.48. The van der Waals surface area contributed by atoms with Crippen LogP contribution in [0.2, 0.25) is 0 Å². The van der Waals surface area contributed by atoms with Crippen molar-refractivity contribution >= 4 is 11.8 Å². The van der Waals surface area contributed by atoms with Crippen LogP contribution in [0.15, 0.2) is 41.7 Å². The Balaban J connectivity index is 2.12. The normalized spacial score (nSPS) is 20.3. The fourth-order valence-corrected chi connectivity index (χ4v) is 5.73. The van der Waals surface area contributed by atoms with Gasteiger partial charge in [-0.25, -0.2) is 0 Å². The molecule has 1 heteroatoms. The van der Waals surface area contributed by atoms with Gasteiger partial charge in [0, 0.05) is 0 Å². The molecule has 2 aliphatic rings. The van der Waals surface area contributed by atoms with Crippen LogP contribution in [0.3, 0.4) is 0 Å². The van der Waals surface area contributed by atoms with Crippen molar-refractivity contribution in [3.8, 4) is 0 Å². The lowest BCUT2D eigenvalue weighted by molar-refractivity contribution is 0.219. The van der Waals surface area contributed by atoms with Gasteiger partial charge in [0.15, 0.2) is 0 Å². The molecule has 0 saturated heterocycles. The maximum atomic E-state index is 3.82. The van der Waals surface area contributed by atoms with Gasteiger partial charge in [0.1, 0.15) is 0 Å². The molecule has 0 heterocycles. The predicted molar refractivity (Wildman–Crippen MR) is 120 cm³/mol. The van der Waals surface area contributed by atoms with Crippen molar-refractivity contribution in [2.24, 2.45) is 17.3 Å². The number of thioether (sulfide) groups is 1. The molecule has 0 bridgehead atoms. The maximum absolute atomic E-state index is 3.82. The summed E-state index contributed by atoms with van der Waals surface area (Å²) in [7, 11) is 0. The van der Waals surface area contributed by atoms with Gasteiger partial charge in [-0.3, -0.25) is 0 Å². The average molecular weight is 373 g/mol. The maximum Gasteiger partial charge on any atom is -0.00310 e. The van der Waals surface area contributed by atoms with Crippen LogP contribution in [0.25, 0.3) is 0 Å². The summed E-state index contributed by atoms with van der Waals surface area (Å²) in [5, 5.41) is 0. The monoisotopic (exact) mass is 372 g/mol. The zero-order valence-electron chi connectivity index (χ0n) is 17.5. The fourth-order valence-electron chi connectivity index (χ4n) is 4.40. The van der Waals surface area contributed by atoms with E-state index in [1.54, 1.807) is 11.1 Å². The lowest BCUT2D eigenvalue weighted by Gasteiger charge is -2.34. The Morgan fingerprint density at radius 3 is 2.65 bits per heavy atom. The molecule has 26 heavy (non-hydrogen) atoms. The van der Waals surface area contributed by atoms with Crippen LogP contribution in [0, 0.1) is 17.3 Å². The van der Waals surface area contributed by atoms with E-state index in [-0.39, 0.29) is 0 Å². The van der Waals surface area contributed by atoms with E-state index in [0.29, 0.717) is 5.41 Å². The molecule has 0 nitrogen and oxygen atoms in total. The molecule has 146 valence electrons. The van der Waals surface area contributed by atoms with E-state index in [0.717, 1.165) is 11.8 Å². The van der Waals surface area contributed by atoms with Crippen LogP contribution in [0.5, 0.6) is 0 Å². The minimum Gasteiger partial charge on any atom is -0.162 e. The molecule has 0 aromatic carbocycles. The first-order chi connectivity index (χ1) is 12.6. The van der Waals surface area contributed by atoms with Crippen molar-refractivity contribution < 1.29 is 0 Å². The summed E-state index contributed by atoms with van der Waals surface area (Å²) in [6.07, 6.45) is 20.4. The average Bonchev–Trinajstić information content (AvgIpc) is 3.53. The molecule has 2 rings (SSSR count). The van der Waals surface area contributed by atoms with E-state index in [9.17, 15) is 0 Å². The fraction of sp³-hybridized carbons (Fsp3) is 0.720. The summed E-state index contributed by atoms with van der Waals surface area (Å²) in [6.45, 7) is 10.7. The second-order valence-electron chi connectivity index (χ2n) is 8.52. The molecule has 0 radical (unpaired) electrons. The Kier molecular flexibility index (Phi) is 9.37. The lowest BCUT2D eigenvalue weighted by atomic mass is 9.74. The molecule has 0 aliphatic heterocycles. The number of hydrogen-bond acceptors (Lipinski definition) is 1. The van der Waals surface area contributed by atoms with E-state index in [4.69, 9.17) is 0 Å². The highest BCUT2D eigenvalue weighted by atomic mass is 32.2. The molecule has 0 aromatic rings. The second kappa shape index (κ2) is 11.3. The largest absolute Gasteiger partial charge is 0.162 e. The number of allylic oxidation sites excluding steroid dienone is 5. The third-order valence-electron chi connectivity index (χ3n) is 6.19. The summed E-state index contributed by atoms with van der Waals surface area (Å²) < 4.78 is 0. The van der Waals surface area contributed by atoms with E-state index < -0.39 is 0 Å². The summed E-state index contributed by atoms with van der Waals surface area (Å²) >= 11 is 2.20. The van der Waals surface area contributed by atoms with Crippen molar-refractivity contribution in [2.45, 2.75) is 85.0 Å². The molecular weight excluding hydrogens is 332 g/mol. The van der Waals surface area contributed by atoms with Crippen LogP contribution in [-0.2, 0) is 0 Å². The van der Waals surface area contributed by atoms with Crippen LogP contribution in [0.1, 0.15) is 85.0 Å². The third kappa shape index (κ3) is 7.16. The summed E-state index contributed by atoms with van der Waals surface area (Å²) in [6, 6.07) is 0. The molecule has 2 unspecified atom stereocenters. The Bertz CT molecular complexity index is 522. The van der Waals surface area contributed by atoms with Crippen molar-refractivity contribution in [3.05, 3.63) is 41.7 Å². The Morgan fingerprint density at radius 2 is 2.08 bits per heavy atom. The van der Waals surface area contributed by atoms with Gasteiger partial charge < -0.3 is 0 Å². The highest BCUT2D eigenvalue weighted by Gasteiger charge is 2.50. The minimum absolute atomic E-state index is 0.551. The van der Waals surface area contributed by atoms with Gasteiger partial charge in [0.05, 0.1) is 0 Å². The van der Waals surface area contributed by atoms with Gasteiger partial charge in [-0.2, -0.15) is 11.8 Å². The zero-order chi connectivity index (χ0) is 18.8. The highest BCUT2D eigenvalue weighted by Crippen LogP contribution is 2.59. The molecule has 2 atom stereocenters. The molecule has 0 amide bonds. The van der Waals surface area contributed by atoms with Crippen LogP contribution in [0.4, 0.5) is 0 Å². The smallest absolute Gasteiger partial charge is 0.00310 e. The summed E-state index contributed by atoms with van der Waals surface area (Å²) in [5.41, 5.74) is 6.91. The summed E-state index contributed by atoms with van der Waals surface area (Å²) in [4.78, 5) is 0. The minimum atomic E-state index is 0.551. The first kappa shape index (κ1) is 21.6. The quantitative estimate of drug-likeness (QED) is 0.168. The van der Waals surface area contributed by atoms with E-state index in [1.807, 2.05) is 0 Å². The van der Waals surface area contributed by atoms with Gasteiger partial charge in [-0.1, -0.05) is 43.7 Å². The summed E-state index contributed by atoms with van der Waals surface area (Å²) in [5.74, 6) is 4.34. The Morgan fingerprint density at radius 1 is 1.31 bits per heavy atom. The van der Waals surface area contributed by atoms with E-state index in [2.05, 4.69) is 63.1 Å². The molecule has 2 saturated carbocycles. The van der Waals surface area contributed by atoms with E-state index in [1.165, 1.54) is 75.7 Å². The number of hydrogen-bond donors (Lipinski definition) is 0. The van der Waals surface area contributed by atoms with Gasteiger partial charge in [0.25, 0.3) is 0 Å². The van der Waals surface area contributed by atoms with Crippen molar-refractivity contribution in [3.63, 3.8) is 0 Å². The topological polar surface area (TPSA) is 0 Å². The standard InChI is InChI=1S/C25H40S/c1-5-8-15-25(16-17-25)24(20-26-18-7-3)23(19-21(4)10-6-2)12-9-11-22-13-14-22/h8,10-11,23-24H,1,6-7,9,12-20H2,2-4H3/b21-10+. The van der Waals surface area contributed by atoms with Crippen LogP contribution < -0.4 is 0 Å². The van der Waals surface area contributed by atoms with Gasteiger partial charge in [-0.05, 0) is 106 Å². The molecule has 0 N–H and O–H groups in total. The molecule has 0 spiro atoms. The van der Waals surface area contributed by atoms with Gasteiger partial charge in [-0.15, -0.1) is 5.73 Å². The molecular formula is C25H40S. The predicted octanol–water partition coefficient (Wildman–Crippen LogP) is 8.12.